The van der Waals surface area contributed by atoms with E-state index in [9.17, 15) is 13.2 Å². The van der Waals surface area contributed by atoms with Crippen molar-refractivity contribution in [3.05, 3.63) is 0 Å². The molecule has 0 saturated carbocycles. The summed E-state index contributed by atoms with van der Waals surface area (Å²) in [7, 11) is 0. The number of aliphatic hydroxyl groups excluding tert-OH is 1. The van der Waals surface area contributed by atoms with Gasteiger partial charge in [0.25, 0.3) is 0 Å². The van der Waals surface area contributed by atoms with Gasteiger partial charge in [-0.15, -0.1) is 12.4 Å². The van der Waals surface area contributed by atoms with Gasteiger partial charge in [0, 0.05) is 6.04 Å². The van der Waals surface area contributed by atoms with Gasteiger partial charge < -0.3 is 10.8 Å². The van der Waals surface area contributed by atoms with Crippen LogP contribution in [0.5, 0.6) is 0 Å². The minimum atomic E-state index is -4.26. The maximum atomic E-state index is 11.3. The summed E-state index contributed by atoms with van der Waals surface area (Å²) in [6.45, 7) is -0.625. The Hall–Kier alpha value is -0.0000000000000000555. The predicted molar refractivity (Wildman–Crippen MR) is 33.0 cm³/mol. The van der Waals surface area contributed by atoms with Crippen LogP contribution in [-0.2, 0) is 0 Å². The Morgan fingerprint density at radius 1 is 1.40 bits per heavy atom. The molecule has 0 aliphatic carbocycles. The largest absolute Gasteiger partial charge is 0.395 e. The number of aliphatic hydroxyl groups is 1. The third-order valence-corrected chi connectivity index (χ3v) is 0.728. The molecule has 0 aromatic rings. The van der Waals surface area contributed by atoms with Crippen LogP contribution >= 0.6 is 12.4 Å². The monoisotopic (exact) mass is 179 g/mol. The number of alkyl halides is 3. The third-order valence-electron chi connectivity index (χ3n) is 0.728. The number of halogens is 4. The van der Waals surface area contributed by atoms with Crippen LogP contribution in [-0.4, -0.2) is 23.9 Å². The highest BCUT2D eigenvalue weighted by atomic mass is 35.5. The predicted octanol–water partition coefficient (Wildman–Crippen LogP) is 0.680. The van der Waals surface area contributed by atoms with Gasteiger partial charge in [-0.05, 0) is 0 Å². The first-order valence-electron chi connectivity index (χ1n) is 2.39. The maximum Gasteiger partial charge on any atom is 0.390 e. The molecule has 0 aliphatic rings. The summed E-state index contributed by atoms with van der Waals surface area (Å²) in [5, 5.41) is 8.07. The van der Waals surface area contributed by atoms with E-state index >= 15 is 0 Å². The molecule has 1 atom stereocenters. The van der Waals surface area contributed by atoms with E-state index in [1.807, 2.05) is 0 Å². The fraction of sp³-hybridized carbons (Fsp3) is 1.00. The Bertz CT molecular complexity index is 87.1. The third kappa shape index (κ3) is 8.00. The molecule has 0 unspecified atom stereocenters. The molecule has 2 nitrogen and oxygen atoms in total. The SMILES string of the molecule is Cl.N[C@@H](CO)CC(F)(F)F. The Kier molecular flexibility index (Phi) is 6.02. The summed E-state index contributed by atoms with van der Waals surface area (Å²) in [5.74, 6) is 0. The molecule has 0 amide bonds. The molecule has 0 bridgehead atoms. The van der Waals surface area contributed by atoms with Gasteiger partial charge in [-0.25, -0.2) is 0 Å². The smallest absolute Gasteiger partial charge is 0.390 e. The van der Waals surface area contributed by atoms with Gasteiger partial charge >= 0.3 is 6.18 Å². The van der Waals surface area contributed by atoms with Gasteiger partial charge in [0.2, 0.25) is 0 Å². The summed E-state index contributed by atoms with van der Waals surface area (Å²) < 4.78 is 33.9. The van der Waals surface area contributed by atoms with Crippen LogP contribution in [0, 0.1) is 0 Å². The quantitative estimate of drug-likeness (QED) is 0.655. The van der Waals surface area contributed by atoms with Crippen molar-refractivity contribution >= 4 is 12.4 Å². The van der Waals surface area contributed by atoms with Crippen molar-refractivity contribution in [2.75, 3.05) is 6.61 Å². The highest BCUT2D eigenvalue weighted by Gasteiger charge is 2.29. The van der Waals surface area contributed by atoms with E-state index < -0.39 is 25.2 Å². The topological polar surface area (TPSA) is 46.2 Å². The lowest BCUT2D eigenvalue weighted by Crippen LogP contribution is -2.30. The van der Waals surface area contributed by atoms with Crippen LogP contribution < -0.4 is 5.73 Å². The average molecular weight is 180 g/mol. The van der Waals surface area contributed by atoms with Gasteiger partial charge in [0.1, 0.15) is 0 Å². The minimum absolute atomic E-state index is 0. The number of nitrogens with two attached hydrogens (primary N) is 1. The number of rotatable bonds is 2. The van der Waals surface area contributed by atoms with Gasteiger partial charge in [0.05, 0.1) is 13.0 Å². The fourth-order valence-corrected chi connectivity index (χ4v) is 0.362. The van der Waals surface area contributed by atoms with Crippen molar-refractivity contribution in [3.63, 3.8) is 0 Å². The molecule has 6 heteroatoms. The zero-order chi connectivity index (χ0) is 7.49. The molecule has 3 N–H and O–H groups in total. The van der Waals surface area contributed by atoms with E-state index in [0.717, 1.165) is 0 Å². The number of hydrogen-bond acceptors (Lipinski definition) is 2. The fourth-order valence-electron chi connectivity index (χ4n) is 0.362. The van der Waals surface area contributed by atoms with Crippen molar-refractivity contribution in [1.82, 2.24) is 0 Å². The standard InChI is InChI=1S/C4H8F3NO.ClH/c5-4(6,7)1-3(8)2-9;/h3,9H,1-2,8H2;1H/t3-;/m1./s1. The van der Waals surface area contributed by atoms with Gasteiger partial charge in [0.15, 0.2) is 0 Å². The molecule has 0 radical (unpaired) electrons. The molecular formula is C4H9ClF3NO. The molecule has 0 saturated heterocycles. The lowest BCUT2D eigenvalue weighted by atomic mass is 10.2. The highest BCUT2D eigenvalue weighted by Crippen LogP contribution is 2.20. The van der Waals surface area contributed by atoms with Crippen molar-refractivity contribution in [3.8, 4) is 0 Å². The van der Waals surface area contributed by atoms with Crippen LogP contribution in [0.1, 0.15) is 6.42 Å². The van der Waals surface area contributed by atoms with Gasteiger partial charge in [-0.2, -0.15) is 13.2 Å². The molecule has 0 heterocycles. The Morgan fingerprint density at radius 2 is 1.80 bits per heavy atom. The lowest BCUT2D eigenvalue weighted by Gasteiger charge is -2.09. The van der Waals surface area contributed by atoms with Gasteiger partial charge in [-0.1, -0.05) is 0 Å². The average Bonchev–Trinajstić information content (AvgIpc) is 1.62. The molecule has 64 valence electrons. The van der Waals surface area contributed by atoms with Crippen LogP contribution in [0.3, 0.4) is 0 Å². The molecule has 0 aromatic heterocycles. The molecule has 10 heavy (non-hydrogen) atoms. The van der Waals surface area contributed by atoms with E-state index in [1.165, 1.54) is 0 Å². The maximum absolute atomic E-state index is 11.3. The van der Waals surface area contributed by atoms with E-state index in [4.69, 9.17) is 10.8 Å². The summed E-state index contributed by atoms with van der Waals surface area (Å²) in [6, 6.07) is -1.18. The lowest BCUT2D eigenvalue weighted by molar-refractivity contribution is -0.140. The van der Waals surface area contributed by atoms with Crippen LogP contribution in [0.15, 0.2) is 0 Å². The highest BCUT2D eigenvalue weighted by molar-refractivity contribution is 5.85. The second-order valence-electron chi connectivity index (χ2n) is 1.76. The first-order valence-corrected chi connectivity index (χ1v) is 2.39. The van der Waals surface area contributed by atoms with E-state index in [0.29, 0.717) is 0 Å². The molecule has 0 fully saturated rings. The van der Waals surface area contributed by atoms with Crippen LogP contribution in [0.2, 0.25) is 0 Å². The first-order chi connectivity index (χ1) is 3.95. The van der Waals surface area contributed by atoms with Gasteiger partial charge in [-0.3, -0.25) is 0 Å². The molecular weight excluding hydrogens is 170 g/mol. The summed E-state index contributed by atoms with van der Waals surface area (Å²) >= 11 is 0. The van der Waals surface area contributed by atoms with Crippen molar-refractivity contribution in [2.45, 2.75) is 18.6 Å². The van der Waals surface area contributed by atoms with Crippen LogP contribution in [0.4, 0.5) is 13.2 Å². The number of hydrogen-bond donors (Lipinski definition) is 2. The van der Waals surface area contributed by atoms with Crippen molar-refractivity contribution in [1.29, 1.82) is 0 Å². The zero-order valence-electron chi connectivity index (χ0n) is 5.06. The Balaban J connectivity index is 0. The normalized spacial score (nSPS) is 14.1. The summed E-state index contributed by atoms with van der Waals surface area (Å²) in [6.07, 6.45) is -5.38. The Morgan fingerprint density at radius 3 is 1.90 bits per heavy atom. The summed E-state index contributed by atoms with van der Waals surface area (Å²) in [5.41, 5.74) is 4.79. The summed E-state index contributed by atoms with van der Waals surface area (Å²) in [4.78, 5) is 0. The first kappa shape index (κ1) is 12.7. The van der Waals surface area contributed by atoms with Crippen molar-refractivity contribution in [2.24, 2.45) is 5.73 Å². The Labute approximate surface area is 62.6 Å². The second-order valence-corrected chi connectivity index (χ2v) is 1.76. The van der Waals surface area contributed by atoms with Crippen molar-refractivity contribution < 1.29 is 18.3 Å². The van der Waals surface area contributed by atoms with Crippen LogP contribution in [0.25, 0.3) is 0 Å². The molecule has 0 aliphatic heterocycles. The van der Waals surface area contributed by atoms with E-state index in [2.05, 4.69) is 0 Å². The minimum Gasteiger partial charge on any atom is -0.395 e. The van der Waals surface area contributed by atoms with E-state index in [1.54, 1.807) is 0 Å². The second kappa shape index (κ2) is 4.76. The molecule has 0 aromatic carbocycles. The molecule has 0 spiro atoms. The van der Waals surface area contributed by atoms with E-state index in [-0.39, 0.29) is 12.4 Å². The molecule has 0 rings (SSSR count). The zero-order valence-corrected chi connectivity index (χ0v) is 5.87.